The number of carbonyl (C=O) groups excluding carboxylic acids is 1. The van der Waals surface area contributed by atoms with Gasteiger partial charge in [0.2, 0.25) is 5.91 Å². The van der Waals surface area contributed by atoms with Crippen LogP contribution in [0.3, 0.4) is 0 Å². The number of ether oxygens (including phenoxy) is 1. The third-order valence-electron chi connectivity index (χ3n) is 6.28. The lowest BCUT2D eigenvalue weighted by Gasteiger charge is -2.28. The van der Waals surface area contributed by atoms with E-state index in [9.17, 15) is 4.79 Å². The lowest BCUT2D eigenvalue weighted by atomic mass is 10.00. The molecule has 178 valence electrons. The number of rotatable bonds is 7. The van der Waals surface area contributed by atoms with Crippen LogP contribution in [0.1, 0.15) is 28.1 Å². The predicted octanol–water partition coefficient (Wildman–Crippen LogP) is 5.14. The Balaban J connectivity index is 1.33. The van der Waals surface area contributed by atoms with E-state index in [1.54, 1.807) is 0 Å². The van der Waals surface area contributed by atoms with Gasteiger partial charge < -0.3 is 9.64 Å². The van der Waals surface area contributed by atoms with Gasteiger partial charge in [0.1, 0.15) is 12.4 Å². The number of para-hydroxylation sites is 2. The number of benzene rings is 3. The number of hydrogen-bond donors (Lipinski definition) is 0. The average molecular weight is 485 g/mol. The van der Waals surface area contributed by atoms with Crippen LogP contribution in [0.2, 0.25) is 0 Å². The van der Waals surface area contributed by atoms with E-state index in [0.29, 0.717) is 23.3 Å². The fraction of sp³-hybridized carbons (Fsp3) is 0.250. The zero-order valence-electron chi connectivity index (χ0n) is 20.0. The van der Waals surface area contributed by atoms with E-state index in [1.165, 1.54) is 22.9 Å². The summed E-state index contributed by atoms with van der Waals surface area (Å²) in [6.07, 6.45) is 0.895. The van der Waals surface area contributed by atoms with Crippen LogP contribution in [-0.2, 0) is 24.4 Å². The molecule has 0 aliphatic carbocycles. The van der Waals surface area contributed by atoms with E-state index in [-0.39, 0.29) is 12.5 Å². The monoisotopic (exact) mass is 484 g/mol. The van der Waals surface area contributed by atoms with Gasteiger partial charge in [-0.3, -0.25) is 9.36 Å². The summed E-state index contributed by atoms with van der Waals surface area (Å²) in [6.45, 7) is 5.77. The topological polar surface area (TPSA) is 60.3 Å². The number of aryl methyl sites for hydroxylation is 2. The van der Waals surface area contributed by atoms with Crippen molar-refractivity contribution in [2.24, 2.45) is 0 Å². The van der Waals surface area contributed by atoms with Gasteiger partial charge in [-0.1, -0.05) is 72.4 Å². The van der Waals surface area contributed by atoms with Crippen molar-refractivity contribution in [3.8, 4) is 11.4 Å². The summed E-state index contributed by atoms with van der Waals surface area (Å²) in [5, 5.41) is 9.54. The van der Waals surface area contributed by atoms with Gasteiger partial charge in [-0.25, -0.2) is 0 Å². The largest absolute Gasteiger partial charge is 0.485 e. The Morgan fingerprint density at radius 2 is 1.63 bits per heavy atom. The molecule has 35 heavy (non-hydrogen) atoms. The molecule has 0 bridgehead atoms. The number of thioether (sulfide) groups is 1. The first-order chi connectivity index (χ1) is 17.1. The molecular formula is C28H28N4O2S. The molecule has 1 aliphatic rings. The molecule has 7 heteroatoms. The van der Waals surface area contributed by atoms with E-state index >= 15 is 0 Å². The lowest BCUT2D eigenvalue weighted by molar-refractivity contribution is -0.129. The quantitative estimate of drug-likeness (QED) is 0.340. The van der Waals surface area contributed by atoms with Gasteiger partial charge in [-0.15, -0.1) is 10.2 Å². The highest BCUT2D eigenvalue weighted by Gasteiger charge is 2.22. The first-order valence-corrected chi connectivity index (χ1v) is 12.7. The molecule has 5 rings (SSSR count). The van der Waals surface area contributed by atoms with E-state index in [1.807, 2.05) is 77.9 Å². The molecule has 3 aromatic carbocycles. The van der Waals surface area contributed by atoms with E-state index < -0.39 is 0 Å². The minimum absolute atomic E-state index is 0.112. The smallest absolute Gasteiger partial charge is 0.233 e. The summed E-state index contributed by atoms with van der Waals surface area (Å²) in [5.74, 6) is 1.98. The Bertz CT molecular complexity index is 1320. The highest BCUT2D eigenvalue weighted by Crippen LogP contribution is 2.27. The Morgan fingerprint density at radius 3 is 2.40 bits per heavy atom. The van der Waals surface area contributed by atoms with Crippen LogP contribution in [0.4, 0.5) is 0 Å². The SMILES string of the molecule is Cc1cccc(C)c1OCc1nnc(SCC(=O)N2CCc3ccccc3C2)n1-c1ccccc1. The first kappa shape index (κ1) is 23.2. The Hall–Kier alpha value is -3.58. The Kier molecular flexibility index (Phi) is 6.86. The highest BCUT2D eigenvalue weighted by atomic mass is 32.2. The van der Waals surface area contributed by atoms with Gasteiger partial charge >= 0.3 is 0 Å². The second kappa shape index (κ2) is 10.4. The summed E-state index contributed by atoms with van der Waals surface area (Å²) in [5.41, 5.74) is 5.68. The zero-order valence-corrected chi connectivity index (χ0v) is 20.8. The van der Waals surface area contributed by atoms with Crippen molar-refractivity contribution in [3.05, 3.63) is 101 Å². The van der Waals surface area contributed by atoms with Crippen LogP contribution >= 0.6 is 11.8 Å². The van der Waals surface area contributed by atoms with E-state index in [2.05, 4.69) is 28.4 Å². The Morgan fingerprint density at radius 1 is 0.914 bits per heavy atom. The number of amides is 1. The van der Waals surface area contributed by atoms with E-state index in [0.717, 1.165) is 35.5 Å². The van der Waals surface area contributed by atoms with Crippen molar-refractivity contribution in [3.63, 3.8) is 0 Å². The summed E-state index contributed by atoms with van der Waals surface area (Å²) >= 11 is 1.42. The maximum atomic E-state index is 13.0. The summed E-state index contributed by atoms with van der Waals surface area (Å²) in [4.78, 5) is 15.0. The first-order valence-electron chi connectivity index (χ1n) is 11.8. The molecule has 0 saturated heterocycles. The van der Waals surface area contributed by atoms with Gasteiger partial charge in [0.25, 0.3) is 0 Å². The molecule has 1 aliphatic heterocycles. The highest BCUT2D eigenvalue weighted by molar-refractivity contribution is 7.99. The van der Waals surface area contributed by atoms with Crippen LogP contribution < -0.4 is 4.74 Å². The predicted molar refractivity (Wildman–Crippen MR) is 138 cm³/mol. The van der Waals surface area contributed by atoms with Crippen molar-refractivity contribution in [1.82, 2.24) is 19.7 Å². The van der Waals surface area contributed by atoms with Gasteiger partial charge in [-0.2, -0.15) is 0 Å². The van der Waals surface area contributed by atoms with E-state index in [4.69, 9.17) is 4.74 Å². The summed E-state index contributed by atoms with van der Waals surface area (Å²) < 4.78 is 8.16. The van der Waals surface area contributed by atoms with Gasteiger partial charge in [-0.05, 0) is 54.7 Å². The fourth-order valence-corrected chi connectivity index (χ4v) is 5.29. The third kappa shape index (κ3) is 5.10. The number of nitrogens with zero attached hydrogens (tertiary/aromatic N) is 4. The zero-order chi connectivity index (χ0) is 24.2. The molecule has 2 heterocycles. The summed E-state index contributed by atoms with van der Waals surface area (Å²) in [7, 11) is 0. The molecule has 4 aromatic rings. The fourth-order valence-electron chi connectivity index (χ4n) is 4.41. The summed E-state index contributed by atoms with van der Waals surface area (Å²) in [6, 6.07) is 24.4. The molecular weight excluding hydrogens is 456 g/mol. The molecule has 6 nitrogen and oxygen atoms in total. The van der Waals surface area contributed by atoms with Gasteiger partial charge in [0.15, 0.2) is 11.0 Å². The maximum Gasteiger partial charge on any atom is 0.233 e. The average Bonchev–Trinajstić information content (AvgIpc) is 3.30. The van der Waals surface area contributed by atoms with Crippen LogP contribution in [0, 0.1) is 13.8 Å². The van der Waals surface area contributed by atoms with Crippen LogP contribution in [0.15, 0.2) is 78.0 Å². The molecule has 0 spiro atoms. The standard InChI is InChI=1S/C28H28N4O2S/c1-20-9-8-10-21(2)27(20)34-18-25-29-30-28(32(25)24-13-4-3-5-14-24)35-19-26(33)31-16-15-22-11-6-7-12-23(22)17-31/h3-14H,15-19H2,1-2H3. The second-order valence-electron chi connectivity index (χ2n) is 8.70. The van der Waals surface area contributed by atoms with Crippen LogP contribution in [0.25, 0.3) is 5.69 Å². The minimum atomic E-state index is 0.112. The molecule has 0 fully saturated rings. The molecule has 0 unspecified atom stereocenters. The maximum absolute atomic E-state index is 13.0. The lowest BCUT2D eigenvalue weighted by Crippen LogP contribution is -2.37. The minimum Gasteiger partial charge on any atom is -0.485 e. The number of carbonyl (C=O) groups is 1. The second-order valence-corrected chi connectivity index (χ2v) is 9.64. The number of fused-ring (bicyclic) bond motifs is 1. The molecule has 1 aromatic heterocycles. The van der Waals surface area contributed by atoms with Crippen molar-refractivity contribution in [2.45, 2.75) is 38.6 Å². The number of hydrogen-bond acceptors (Lipinski definition) is 5. The third-order valence-corrected chi connectivity index (χ3v) is 7.19. The van der Waals surface area contributed by atoms with Crippen molar-refractivity contribution < 1.29 is 9.53 Å². The molecule has 0 saturated carbocycles. The van der Waals surface area contributed by atoms with Crippen molar-refractivity contribution in [1.29, 1.82) is 0 Å². The molecule has 0 N–H and O–H groups in total. The Labute approximate surface area is 210 Å². The van der Waals surface area contributed by atoms with Crippen molar-refractivity contribution >= 4 is 17.7 Å². The van der Waals surface area contributed by atoms with Gasteiger partial charge in [0, 0.05) is 18.8 Å². The van der Waals surface area contributed by atoms with Crippen LogP contribution in [0.5, 0.6) is 5.75 Å². The normalized spacial score (nSPS) is 12.9. The van der Waals surface area contributed by atoms with Crippen LogP contribution in [-0.4, -0.2) is 37.9 Å². The molecule has 1 amide bonds. The number of aromatic nitrogens is 3. The molecule has 0 radical (unpaired) electrons. The van der Waals surface area contributed by atoms with Gasteiger partial charge in [0.05, 0.1) is 5.75 Å². The molecule has 0 atom stereocenters. The van der Waals surface area contributed by atoms with Crippen molar-refractivity contribution in [2.75, 3.05) is 12.3 Å².